The maximum Gasteiger partial charge on any atom is 0.219 e. The molecule has 0 aliphatic carbocycles. The molecule has 0 unspecified atom stereocenters. The second-order valence-corrected chi connectivity index (χ2v) is 4.37. The van der Waals surface area contributed by atoms with E-state index in [0.29, 0.717) is 18.2 Å². The maximum absolute atomic E-state index is 13.0. The lowest BCUT2D eigenvalue weighted by Crippen LogP contribution is -2.01. The lowest BCUT2D eigenvalue weighted by Gasteiger charge is -2.10. The number of benzene rings is 1. The van der Waals surface area contributed by atoms with E-state index in [1.54, 1.807) is 13.0 Å². The van der Waals surface area contributed by atoms with Gasteiger partial charge < -0.3 is 10.5 Å². The first kappa shape index (κ1) is 13.5. The highest BCUT2D eigenvalue weighted by molar-refractivity contribution is 5.36. The molecule has 1 aromatic carbocycles. The molecular weight excluding hydrogens is 243 g/mol. The van der Waals surface area contributed by atoms with Crippen LogP contribution in [-0.2, 0) is 13.0 Å². The lowest BCUT2D eigenvalue weighted by molar-refractivity contribution is 0.455. The second-order valence-electron chi connectivity index (χ2n) is 4.37. The van der Waals surface area contributed by atoms with Crippen molar-refractivity contribution < 1.29 is 9.13 Å². The average molecular weight is 260 g/mol. The number of rotatable bonds is 4. The Morgan fingerprint density at radius 3 is 2.68 bits per heavy atom. The number of hydrogen-bond acceptors (Lipinski definition) is 3. The molecule has 100 valence electrons. The molecule has 0 aliphatic rings. The summed E-state index contributed by atoms with van der Waals surface area (Å²) < 4.78 is 18.8. The summed E-state index contributed by atoms with van der Waals surface area (Å²) in [5, 5.41) is 0. The standard InChI is InChI=1S/C15H17FN2O/c1-3-13-7-11(9-17)8-15(18-13)19-14-5-4-12(16)6-10(14)2/h4-8H,3,9,17H2,1-2H3. The summed E-state index contributed by atoms with van der Waals surface area (Å²) in [5.41, 5.74) is 8.29. The molecule has 0 spiro atoms. The number of nitrogens with two attached hydrogens (primary N) is 1. The second kappa shape index (κ2) is 5.80. The van der Waals surface area contributed by atoms with Crippen LogP contribution in [0.4, 0.5) is 4.39 Å². The molecule has 19 heavy (non-hydrogen) atoms. The third-order valence-electron chi connectivity index (χ3n) is 2.86. The first-order valence-corrected chi connectivity index (χ1v) is 6.26. The van der Waals surface area contributed by atoms with Crippen molar-refractivity contribution in [2.45, 2.75) is 26.8 Å². The molecule has 2 N–H and O–H groups in total. The first-order valence-electron chi connectivity index (χ1n) is 6.26. The van der Waals surface area contributed by atoms with Gasteiger partial charge in [0.15, 0.2) is 0 Å². The lowest BCUT2D eigenvalue weighted by atomic mass is 10.2. The molecule has 3 nitrogen and oxygen atoms in total. The van der Waals surface area contributed by atoms with Crippen molar-refractivity contribution in [3.05, 3.63) is 53.0 Å². The molecule has 1 aromatic heterocycles. The molecule has 1 heterocycles. The molecule has 4 heteroatoms. The van der Waals surface area contributed by atoms with E-state index in [1.807, 2.05) is 19.1 Å². The maximum atomic E-state index is 13.0. The van der Waals surface area contributed by atoms with E-state index >= 15 is 0 Å². The normalized spacial score (nSPS) is 10.5. The number of pyridine rings is 1. The molecule has 0 saturated heterocycles. The number of halogens is 1. The van der Waals surface area contributed by atoms with Gasteiger partial charge in [-0.3, -0.25) is 0 Å². The molecule has 0 radical (unpaired) electrons. The quantitative estimate of drug-likeness (QED) is 0.917. The first-order chi connectivity index (χ1) is 9.12. The van der Waals surface area contributed by atoms with Crippen LogP contribution < -0.4 is 10.5 Å². The summed E-state index contributed by atoms with van der Waals surface area (Å²) in [6.45, 7) is 4.26. The SMILES string of the molecule is CCc1cc(CN)cc(Oc2ccc(F)cc2C)n1. The molecule has 2 aromatic rings. The fraction of sp³-hybridized carbons (Fsp3) is 0.267. The molecule has 0 amide bonds. The van der Waals surface area contributed by atoms with Crippen LogP contribution in [-0.4, -0.2) is 4.98 Å². The number of ether oxygens (including phenoxy) is 1. The van der Waals surface area contributed by atoms with Gasteiger partial charge in [-0.2, -0.15) is 0 Å². The zero-order chi connectivity index (χ0) is 13.8. The van der Waals surface area contributed by atoms with Crippen LogP contribution in [0.15, 0.2) is 30.3 Å². The molecular formula is C15H17FN2O. The number of aryl methyl sites for hydroxylation is 2. The van der Waals surface area contributed by atoms with Gasteiger partial charge in [0, 0.05) is 18.3 Å². The zero-order valence-corrected chi connectivity index (χ0v) is 11.1. The Kier molecular flexibility index (Phi) is 4.12. The summed E-state index contributed by atoms with van der Waals surface area (Å²) in [4.78, 5) is 4.39. The van der Waals surface area contributed by atoms with Gasteiger partial charge in [0.2, 0.25) is 5.88 Å². The largest absolute Gasteiger partial charge is 0.439 e. The highest BCUT2D eigenvalue weighted by atomic mass is 19.1. The molecule has 0 atom stereocenters. The van der Waals surface area contributed by atoms with Gasteiger partial charge in [0.05, 0.1) is 0 Å². The van der Waals surface area contributed by atoms with Crippen LogP contribution in [0.25, 0.3) is 0 Å². The van der Waals surface area contributed by atoms with Crippen LogP contribution >= 0.6 is 0 Å². The topological polar surface area (TPSA) is 48.1 Å². The summed E-state index contributed by atoms with van der Waals surface area (Å²) >= 11 is 0. The Bertz CT molecular complexity index is 562. The van der Waals surface area contributed by atoms with E-state index in [1.165, 1.54) is 12.1 Å². The van der Waals surface area contributed by atoms with E-state index in [0.717, 1.165) is 23.2 Å². The Morgan fingerprint density at radius 1 is 1.26 bits per heavy atom. The Balaban J connectivity index is 2.31. The number of nitrogens with zero attached hydrogens (tertiary/aromatic N) is 1. The highest BCUT2D eigenvalue weighted by Crippen LogP contribution is 2.25. The van der Waals surface area contributed by atoms with Gasteiger partial charge in [-0.15, -0.1) is 0 Å². The smallest absolute Gasteiger partial charge is 0.219 e. The van der Waals surface area contributed by atoms with Crippen LogP contribution in [0.3, 0.4) is 0 Å². The van der Waals surface area contributed by atoms with E-state index in [9.17, 15) is 4.39 Å². The molecule has 0 fully saturated rings. The van der Waals surface area contributed by atoms with Gasteiger partial charge >= 0.3 is 0 Å². The minimum atomic E-state index is -0.275. The summed E-state index contributed by atoms with van der Waals surface area (Å²) in [5.74, 6) is 0.822. The Hall–Kier alpha value is -1.94. The van der Waals surface area contributed by atoms with Crippen molar-refractivity contribution in [3.8, 4) is 11.6 Å². The predicted molar refractivity (Wildman–Crippen MR) is 72.7 cm³/mol. The Labute approximate surface area is 112 Å². The van der Waals surface area contributed by atoms with Crippen molar-refractivity contribution in [2.24, 2.45) is 5.73 Å². The van der Waals surface area contributed by atoms with E-state index in [-0.39, 0.29) is 5.82 Å². The Morgan fingerprint density at radius 2 is 2.05 bits per heavy atom. The average Bonchev–Trinajstić information content (AvgIpc) is 2.41. The summed E-state index contributed by atoms with van der Waals surface area (Å²) in [6, 6.07) is 8.18. The van der Waals surface area contributed by atoms with Crippen molar-refractivity contribution in [2.75, 3.05) is 0 Å². The minimum Gasteiger partial charge on any atom is -0.439 e. The van der Waals surface area contributed by atoms with Crippen molar-refractivity contribution in [1.29, 1.82) is 0 Å². The van der Waals surface area contributed by atoms with Gasteiger partial charge in [-0.25, -0.2) is 9.37 Å². The minimum absolute atomic E-state index is 0.275. The van der Waals surface area contributed by atoms with Crippen LogP contribution in [0.1, 0.15) is 23.7 Å². The predicted octanol–water partition coefficient (Wildman–Crippen LogP) is 3.34. The third-order valence-corrected chi connectivity index (χ3v) is 2.86. The van der Waals surface area contributed by atoms with E-state index < -0.39 is 0 Å². The van der Waals surface area contributed by atoms with Gasteiger partial charge in [0.1, 0.15) is 11.6 Å². The van der Waals surface area contributed by atoms with Crippen molar-refractivity contribution in [3.63, 3.8) is 0 Å². The van der Waals surface area contributed by atoms with Gasteiger partial charge in [-0.1, -0.05) is 6.92 Å². The summed E-state index contributed by atoms with van der Waals surface area (Å²) in [6.07, 6.45) is 0.812. The third kappa shape index (κ3) is 3.29. The van der Waals surface area contributed by atoms with Gasteiger partial charge in [0.25, 0.3) is 0 Å². The molecule has 0 aliphatic heterocycles. The van der Waals surface area contributed by atoms with E-state index in [2.05, 4.69) is 4.98 Å². The fourth-order valence-electron chi connectivity index (χ4n) is 1.81. The monoisotopic (exact) mass is 260 g/mol. The van der Waals surface area contributed by atoms with Crippen LogP contribution in [0, 0.1) is 12.7 Å². The van der Waals surface area contributed by atoms with Crippen LogP contribution in [0.2, 0.25) is 0 Å². The highest BCUT2D eigenvalue weighted by Gasteiger charge is 2.06. The molecule has 2 rings (SSSR count). The van der Waals surface area contributed by atoms with Crippen molar-refractivity contribution in [1.82, 2.24) is 4.98 Å². The number of hydrogen-bond donors (Lipinski definition) is 1. The van der Waals surface area contributed by atoms with Crippen molar-refractivity contribution >= 4 is 0 Å². The fourth-order valence-corrected chi connectivity index (χ4v) is 1.81. The zero-order valence-electron chi connectivity index (χ0n) is 11.1. The van der Waals surface area contributed by atoms with Crippen LogP contribution in [0.5, 0.6) is 11.6 Å². The number of aromatic nitrogens is 1. The van der Waals surface area contributed by atoms with E-state index in [4.69, 9.17) is 10.5 Å². The molecule has 0 bridgehead atoms. The van der Waals surface area contributed by atoms with Gasteiger partial charge in [-0.05, 0) is 48.7 Å². The molecule has 0 saturated carbocycles. The summed E-state index contributed by atoms with van der Waals surface area (Å²) in [7, 11) is 0.